The van der Waals surface area contributed by atoms with E-state index in [2.05, 4.69) is 31.4 Å². The summed E-state index contributed by atoms with van der Waals surface area (Å²) in [5, 5.41) is 11.3. The van der Waals surface area contributed by atoms with Crippen LogP contribution < -0.4 is 5.32 Å². The zero-order valence-electron chi connectivity index (χ0n) is 13.5. The average Bonchev–Trinajstić information content (AvgIpc) is 3.03. The van der Waals surface area contributed by atoms with Crippen molar-refractivity contribution in [3.05, 3.63) is 70.0 Å². The predicted molar refractivity (Wildman–Crippen MR) is 102 cm³/mol. The lowest BCUT2D eigenvalue weighted by Gasteiger charge is -2.04. The zero-order valence-corrected chi connectivity index (χ0v) is 15.9. The highest BCUT2D eigenvalue weighted by molar-refractivity contribution is 9.10. The lowest BCUT2D eigenvalue weighted by molar-refractivity contribution is -0.113. The molecule has 0 saturated heterocycles. The molecule has 1 aromatic heterocycles. The summed E-state index contributed by atoms with van der Waals surface area (Å²) in [6.45, 7) is 1.98. The number of amides is 1. The molecule has 0 radical (unpaired) electrons. The molecule has 0 unspecified atom stereocenters. The monoisotopic (exact) mass is 417 g/mol. The number of aromatic nitrogens is 2. The number of hydrogen-bond acceptors (Lipinski definition) is 5. The predicted octanol–water partition coefficient (Wildman–Crippen LogP) is 4.46. The number of anilines is 1. The quantitative estimate of drug-likeness (QED) is 0.599. The summed E-state index contributed by atoms with van der Waals surface area (Å²) in [5.41, 5.74) is 2.97. The summed E-state index contributed by atoms with van der Waals surface area (Å²) in [7, 11) is 0. The van der Waals surface area contributed by atoms with E-state index in [1.54, 1.807) is 0 Å². The zero-order chi connectivity index (χ0) is 17.6. The molecule has 25 heavy (non-hydrogen) atoms. The number of nitrogens with zero attached hydrogens (tertiary/aromatic N) is 2. The number of carbonyl (C=O) groups is 1. The van der Waals surface area contributed by atoms with Crippen LogP contribution in [0.15, 0.2) is 62.6 Å². The smallest absolute Gasteiger partial charge is 0.277 e. The second-order valence-corrected chi connectivity index (χ2v) is 7.31. The fourth-order valence-electron chi connectivity index (χ4n) is 2.19. The largest absolute Gasteiger partial charge is 0.416 e. The molecule has 0 saturated carbocycles. The van der Waals surface area contributed by atoms with Gasteiger partial charge in [-0.25, -0.2) is 0 Å². The highest BCUT2D eigenvalue weighted by Crippen LogP contribution is 2.19. The highest BCUT2D eigenvalue weighted by atomic mass is 79.9. The molecule has 0 spiro atoms. The first kappa shape index (κ1) is 17.7. The molecule has 128 valence electrons. The van der Waals surface area contributed by atoms with Gasteiger partial charge in [0.25, 0.3) is 5.22 Å². The van der Waals surface area contributed by atoms with E-state index in [4.69, 9.17) is 4.42 Å². The second kappa shape index (κ2) is 8.31. The van der Waals surface area contributed by atoms with E-state index in [1.165, 1.54) is 11.8 Å². The Hall–Kier alpha value is -2.12. The van der Waals surface area contributed by atoms with Crippen molar-refractivity contribution in [2.24, 2.45) is 0 Å². The SMILES string of the molecule is Cc1cccc(NC(=O)CSc2nnc(Cc3ccc(Br)cc3)o2)c1. The molecule has 0 aliphatic heterocycles. The molecule has 2 aromatic carbocycles. The van der Waals surface area contributed by atoms with Crippen LogP contribution in [0.3, 0.4) is 0 Å². The normalized spacial score (nSPS) is 10.6. The molecule has 0 bridgehead atoms. The third-order valence-corrected chi connectivity index (χ3v) is 4.69. The number of benzene rings is 2. The van der Waals surface area contributed by atoms with Crippen molar-refractivity contribution in [3.63, 3.8) is 0 Å². The van der Waals surface area contributed by atoms with Crippen molar-refractivity contribution in [2.75, 3.05) is 11.1 Å². The van der Waals surface area contributed by atoms with E-state index >= 15 is 0 Å². The number of nitrogens with one attached hydrogen (secondary N) is 1. The maximum Gasteiger partial charge on any atom is 0.277 e. The van der Waals surface area contributed by atoms with Crippen molar-refractivity contribution < 1.29 is 9.21 Å². The van der Waals surface area contributed by atoms with E-state index in [9.17, 15) is 4.79 Å². The molecule has 7 heteroatoms. The van der Waals surface area contributed by atoms with Crippen LogP contribution in [-0.4, -0.2) is 21.9 Å². The third kappa shape index (κ3) is 5.44. The molecule has 1 N–H and O–H groups in total. The van der Waals surface area contributed by atoms with Crippen LogP contribution in [0.2, 0.25) is 0 Å². The van der Waals surface area contributed by atoms with E-state index in [-0.39, 0.29) is 11.7 Å². The minimum absolute atomic E-state index is 0.108. The van der Waals surface area contributed by atoms with E-state index in [0.29, 0.717) is 17.5 Å². The fourth-order valence-corrected chi connectivity index (χ4v) is 3.04. The van der Waals surface area contributed by atoms with Gasteiger partial charge in [-0.3, -0.25) is 4.79 Å². The van der Waals surface area contributed by atoms with E-state index < -0.39 is 0 Å². The summed E-state index contributed by atoms with van der Waals surface area (Å²) < 4.78 is 6.61. The molecule has 3 aromatic rings. The molecule has 0 fully saturated rings. The fraction of sp³-hybridized carbons (Fsp3) is 0.167. The van der Waals surface area contributed by atoms with Gasteiger partial charge in [-0.15, -0.1) is 10.2 Å². The number of thioether (sulfide) groups is 1. The number of aryl methyl sites for hydroxylation is 1. The van der Waals surface area contributed by atoms with Gasteiger partial charge in [-0.1, -0.05) is 52.0 Å². The molecular weight excluding hydrogens is 402 g/mol. The van der Waals surface area contributed by atoms with Gasteiger partial charge in [-0.05, 0) is 42.3 Å². The van der Waals surface area contributed by atoms with Crippen molar-refractivity contribution in [3.8, 4) is 0 Å². The van der Waals surface area contributed by atoms with Gasteiger partial charge >= 0.3 is 0 Å². The Morgan fingerprint density at radius 3 is 2.76 bits per heavy atom. The first-order chi connectivity index (χ1) is 12.1. The first-order valence-corrected chi connectivity index (χ1v) is 9.42. The lowest BCUT2D eigenvalue weighted by atomic mass is 10.2. The minimum atomic E-state index is -0.108. The van der Waals surface area contributed by atoms with Gasteiger partial charge in [0.05, 0.1) is 12.2 Å². The highest BCUT2D eigenvalue weighted by Gasteiger charge is 2.10. The second-order valence-electron chi connectivity index (χ2n) is 5.47. The average molecular weight is 418 g/mol. The topological polar surface area (TPSA) is 68.0 Å². The standard InChI is InChI=1S/C18H16BrN3O2S/c1-12-3-2-4-15(9-12)20-16(23)11-25-18-22-21-17(24-18)10-13-5-7-14(19)8-6-13/h2-9H,10-11H2,1H3,(H,20,23). The summed E-state index contributed by atoms with van der Waals surface area (Å²) in [6, 6.07) is 15.6. The van der Waals surface area contributed by atoms with Crippen molar-refractivity contribution >= 4 is 39.3 Å². The van der Waals surface area contributed by atoms with Crippen LogP contribution in [-0.2, 0) is 11.2 Å². The third-order valence-electron chi connectivity index (χ3n) is 3.35. The Morgan fingerprint density at radius 1 is 1.20 bits per heavy atom. The number of hydrogen-bond donors (Lipinski definition) is 1. The van der Waals surface area contributed by atoms with Gasteiger partial charge < -0.3 is 9.73 Å². The number of halogens is 1. The Bertz CT molecular complexity index is 865. The molecule has 1 heterocycles. The van der Waals surface area contributed by atoms with Crippen LogP contribution in [0.4, 0.5) is 5.69 Å². The Balaban J connectivity index is 1.51. The van der Waals surface area contributed by atoms with Gasteiger partial charge in [0, 0.05) is 10.2 Å². The van der Waals surface area contributed by atoms with Gasteiger partial charge in [-0.2, -0.15) is 0 Å². The Labute approximate surface area is 158 Å². The van der Waals surface area contributed by atoms with Crippen LogP contribution in [0.25, 0.3) is 0 Å². The molecule has 1 amide bonds. The van der Waals surface area contributed by atoms with Crippen molar-refractivity contribution in [1.29, 1.82) is 0 Å². The summed E-state index contributed by atoms with van der Waals surface area (Å²) in [5.74, 6) is 0.639. The molecule has 3 rings (SSSR count). The van der Waals surface area contributed by atoms with Crippen molar-refractivity contribution in [2.45, 2.75) is 18.6 Å². The maximum absolute atomic E-state index is 12.0. The lowest BCUT2D eigenvalue weighted by Crippen LogP contribution is -2.13. The first-order valence-electron chi connectivity index (χ1n) is 7.64. The number of rotatable bonds is 6. The minimum Gasteiger partial charge on any atom is -0.416 e. The molecule has 0 aliphatic carbocycles. The van der Waals surface area contributed by atoms with Crippen LogP contribution in [0, 0.1) is 6.92 Å². The molecule has 5 nitrogen and oxygen atoms in total. The van der Waals surface area contributed by atoms with Crippen molar-refractivity contribution in [1.82, 2.24) is 10.2 Å². The van der Waals surface area contributed by atoms with Gasteiger partial charge in [0.2, 0.25) is 11.8 Å². The molecule has 0 aliphatic rings. The number of carbonyl (C=O) groups excluding carboxylic acids is 1. The van der Waals surface area contributed by atoms with E-state index in [0.717, 1.165) is 21.3 Å². The van der Waals surface area contributed by atoms with Gasteiger partial charge in [0.15, 0.2) is 0 Å². The van der Waals surface area contributed by atoms with Crippen LogP contribution in [0.5, 0.6) is 0 Å². The van der Waals surface area contributed by atoms with Crippen LogP contribution >= 0.6 is 27.7 Å². The van der Waals surface area contributed by atoms with E-state index in [1.807, 2.05) is 55.5 Å². The van der Waals surface area contributed by atoms with Gasteiger partial charge in [0.1, 0.15) is 0 Å². The summed E-state index contributed by atoms with van der Waals surface area (Å²) in [6.07, 6.45) is 0.566. The summed E-state index contributed by atoms with van der Waals surface area (Å²) in [4.78, 5) is 12.0. The Kier molecular flexibility index (Phi) is 5.88. The Morgan fingerprint density at radius 2 is 2.00 bits per heavy atom. The maximum atomic E-state index is 12.0. The summed E-state index contributed by atoms with van der Waals surface area (Å²) >= 11 is 4.63. The van der Waals surface area contributed by atoms with Crippen LogP contribution in [0.1, 0.15) is 17.0 Å². The molecular formula is C18H16BrN3O2S. The molecule has 0 atom stereocenters.